The van der Waals surface area contributed by atoms with Gasteiger partial charge in [0.1, 0.15) is 11.6 Å². The molecule has 1 aromatic rings. The number of hydrogen-bond acceptors (Lipinski definition) is 3. The van der Waals surface area contributed by atoms with Crippen molar-refractivity contribution in [2.75, 3.05) is 7.05 Å². The van der Waals surface area contributed by atoms with E-state index in [9.17, 15) is 22.8 Å². The van der Waals surface area contributed by atoms with E-state index in [1.165, 1.54) is 19.2 Å². The Labute approximate surface area is 130 Å². The number of nitriles is 1. The lowest BCUT2D eigenvalue weighted by atomic mass is 9.85. The van der Waals surface area contributed by atoms with Crippen LogP contribution >= 0.6 is 0 Å². The summed E-state index contributed by atoms with van der Waals surface area (Å²) in [6, 6.07) is 4.87. The van der Waals surface area contributed by atoms with E-state index in [-0.39, 0.29) is 30.7 Å². The third kappa shape index (κ3) is 2.74. The van der Waals surface area contributed by atoms with Gasteiger partial charge in [0, 0.05) is 19.9 Å². The Kier molecular flexibility index (Phi) is 4.07. The van der Waals surface area contributed by atoms with Gasteiger partial charge in [0.15, 0.2) is 0 Å². The van der Waals surface area contributed by atoms with Crippen molar-refractivity contribution in [1.29, 1.82) is 5.26 Å². The third-order valence-electron chi connectivity index (χ3n) is 4.28. The number of hydrogen-bond donors (Lipinski definition) is 1. The van der Waals surface area contributed by atoms with Gasteiger partial charge in [0.2, 0.25) is 11.8 Å². The Morgan fingerprint density at radius 3 is 2.57 bits per heavy atom. The summed E-state index contributed by atoms with van der Waals surface area (Å²) in [6.45, 7) is 0. The third-order valence-corrected chi connectivity index (χ3v) is 4.28. The van der Waals surface area contributed by atoms with Crippen LogP contribution in [-0.4, -0.2) is 29.3 Å². The van der Waals surface area contributed by atoms with Crippen LogP contribution in [0.15, 0.2) is 18.2 Å². The number of nitrogens with zero attached hydrogens (tertiary/aromatic N) is 2. The highest BCUT2D eigenvalue weighted by Gasteiger charge is 2.48. The van der Waals surface area contributed by atoms with Gasteiger partial charge >= 0.3 is 6.18 Å². The molecule has 0 aliphatic carbocycles. The smallest absolute Gasteiger partial charge is 0.368 e. The first kappa shape index (κ1) is 16.8. The second kappa shape index (κ2) is 5.57. The van der Waals surface area contributed by atoms with E-state index >= 15 is 0 Å². The molecule has 1 fully saturated rings. The monoisotopic (exact) mass is 325 g/mol. The zero-order valence-electron chi connectivity index (χ0n) is 12.3. The first-order chi connectivity index (χ1) is 10.6. The fourth-order valence-corrected chi connectivity index (χ4v) is 2.90. The number of likely N-dealkylation sites (tertiary alicyclic amines) is 1. The van der Waals surface area contributed by atoms with Crippen molar-refractivity contribution < 1.29 is 22.8 Å². The Balaban J connectivity index is 2.54. The van der Waals surface area contributed by atoms with Crippen molar-refractivity contribution in [2.45, 2.75) is 31.0 Å². The van der Waals surface area contributed by atoms with Gasteiger partial charge in [-0.2, -0.15) is 18.4 Å². The lowest BCUT2D eigenvalue weighted by Gasteiger charge is -2.33. The van der Waals surface area contributed by atoms with E-state index in [0.717, 1.165) is 11.0 Å². The van der Waals surface area contributed by atoms with Crippen molar-refractivity contribution >= 4 is 11.8 Å². The summed E-state index contributed by atoms with van der Waals surface area (Å²) in [5, 5.41) is 9.13. The summed E-state index contributed by atoms with van der Waals surface area (Å²) >= 11 is 0. The summed E-state index contributed by atoms with van der Waals surface area (Å²) in [5.74, 6) is -1.11. The number of rotatable bonds is 3. The van der Waals surface area contributed by atoms with Crippen LogP contribution in [0.5, 0.6) is 0 Å². The van der Waals surface area contributed by atoms with Crippen molar-refractivity contribution in [2.24, 2.45) is 5.73 Å². The molecule has 0 spiro atoms. The molecular formula is C15H14F3N3O2. The Hall–Kier alpha value is -2.56. The van der Waals surface area contributed by atoms with E-state index in [1.807, 2.05) is 0 Å². The number of carbonyl (C=O) groups excluding carboxylic acids is 2. The van der Waals surface area contributed by atoms with Crippen LogP contribution in [0, 0.1) is 11.3 Å². The molecule has 0 aromatic heterocycles. The van der Waals surface area contributed by atoms with Crippen LogP contribution in [-0.2, 0) is 22.2 Å². The van der Waals surface area contributed by atoms with Crippen molar-refractivity contribution in [3.05, 3.63) is 34.9 Å². The highest BCUT2D eigenvalue weighted by atomic mass is 19.4. The zero-order chi connectivity index (χ0) is 17.4. The van der Waals surface area contributed by atoms with Crippen LogP contribution in [0.25, 0.3) is 0 Å². The van der Waals surface area contributed by atoms with Crippen molar-refractivity contribution in [3.63, 3.8) is 0 Å². The van der Waals surface area contributed by atoms with Gasteiger partial charge in [-0.05, 0) is 18.1 Å². The van der Waals surface area contributed by atoms with Gasteiger partial charge in [-0.25, -0.2) is 0 Å². The molecule has 1 aromatic carbocycles. The zero-order valence-corrected chi connectivity index (χ0v) is 12.3. The van der Waals surface area contributed by atoms with Gasteiger partial charge in [-0.15, -0.1) is 0 Å². The molecule has 0 unspecified atom stereocenters. The molecular weight excluding hydrogens is 311 g/mol. The van der Waals surface area contributed by atoms with Crippen molar-refractivity contribution in [3.8, 4) is 6.07 Å². The maximum absolute atomic E-state index is 13.0. The number of carbonyl (C=O) groups is 2. The largest absolute Gasteiger partial charge is 0.417 e. The predicted octanol–water partition coefficient (Wildman–Crippen LogP) is 1.60. The SMILES string of the molecule is CN1C(=O)CC[C@@]1(Cc1cccc(C(F)(F)F)c1C#N)C(N)=O. The minimum absolute atomic E-state index is 0.0441. The molecule has 0 saturated carbocycles. The fourth-order valence-electron chi connectivity index (χ4n) is 2.90. The Bertz CT molecular complexity index is 709. The maximum Gasteiger partial charge on any atom is 0.417 e. The molecule has 0 bridgehead atoms. The number of alkyl halides is 3. The first-order valence-electron chi connectivity index (χ1n) is 6.79. The lowest BCUT2D eigenvalue weighted by molar-refractivity contribution is -0.138. The summed E-state index contributed by atoms with van der Waals surface area (Å²) in [4.78, 5) is 24.8. The molecule has 5 nitrogen and oxygen atoms in total. The molecule has 122 valence electrons. The molecule has 1 saturated heterocycles. The number of amides is 2. The minimum Gasteiger partial charge on any atom is -0.368 e. The number of benzene rings is 1. The quantitative estimate of drug-likeness (QED) is 0.915. The lowest BCUT2D eigenvalue weighted by Crippen LogP contribution is -2.55. The second-order valence-electron chi connectivity index (χ2n) is 5.47. The van der Waals surface area contributed by atoms with Crippen LogP contribution in [0.2, 0.25) is 0 Å². The molecule has 2 rings (SSSR count). The van der Waals surface area contributed by atoms with Crippen LogP contribution < -0.4 is 5.73 Å². The highest BCUT2D eigenvalue weighted by Crippen LogP contribution is 2.37. The average Bonchev–Trinajstić information content (AvgIpc) is 2.75. The molecule has 1 aliphatic rings. The van der Waals surface area contributed by atoms with E-state index in [1.54, 1.807) is 6.07 Å². The molecule has 8 heteroatoms. The summed E-state index contributed by atoms with van der Waals surface area (Å²) in [6.07, 6.45) is -4.71. The molecule has 1 aliphatic heterocycles. The standard InChI is InChI=1S/C15H14F3N3O2/c1-21-12(22)5-6-14(21,13(20)23)7-9-3-2-4-11(10(9)8-19)15(16,17)18/h2-4H,5-7H2,1H3,(H2,20,23)/t14-/m1/s1. The number of nitrogens with two attached hydrogens (primary N) is 1. The molecule has 2 amide bonds. The van der Waals surface area contributed by atoms with E-state index in [0.29, 0.717) is 0 Å². The molecule has 2 N–H and O–H groups in total. The van der Waals surface area contributed by atoms with Crippen LogP contribution in [0.4, 0.5) is 13.2 Å². The highest BCUT2D eigenvalue weighted by molar-refractivity contribution is 5.94. The molecule has 0 radical (unpaired) electrons. The predicted molar refractivity (Wildman–Crippen MR) is 73.8 cm³/mol. The average molecular weight is 325 g/mol. The van der Waals surface area contributed by atoms with E-state index in [4.69, 9.17) is 11.0 Å². The van der Waals surface area contributed by atoms with Gasteiger partial charge in [-0.1, -0.05) is 12.1 Å². The Morgan fingerprint density at radius 1 is 1.48 bits per heavy atom. The molecule has 1 atom stereocenters. The summed E-state index contributed by atoms with van der Waals surface area (Å²) in [7, 11) is 1.39. The van der Waals surface area contributed by atoms with Gasteiger partial charge in [0.05, 0.1) is 11.1 Å². The van der Waals surface area contributed by atoms with Crippen molar-refractivity contribution in [1.82, 2.24) is 4.90 Å². The number of primary amides is 1. The summed E-state index contributed by atoms with van der Waals surface area (Å²) in [5.41, 5.74) is 2.43. The van der Waals surface area contributed by atoms with Crippen LogP contribution in [0.3, 0.4) is 0 Å². The maximum atomic E-state index is 13.0. The van der Waals surface area contributed by atoms with Crippen LogP contribution in [0.1, 0.15) is 29.5 Å². The Morgan fingerprint density at radius 2 is 2.13 bits per heavy atom. The minimum atomic E-state index is -4.68. The van der Waals surface area contributed by atoms with Gasteiger partial charge in [0.25, 0.3) is 0 Å². The van der Waals surface area contributed by atoms with E-state index in [2.05, 4.69) is 0 Å². The van der Waals surface area contributed by atoms with Gasteiger partial charge < -0.3 is 10.6 Å². The number of halogens is 3. The van der Waals surface area contributed by atoms with Gasteiger partial charge in [-0.3, -0.25) is 9.59 Å². The molecule has 1 heterocycles. The first-order valence-corrected chi connectivity index (χ1v) is 6.79. The topological polar surface area (TPSA) is 87.2 Å². The second-order valence-corrected chi connectivity index (χ2v) is 5.47. The van der Waals surface area contributed by atoms with E-state index < -0.39 is 28.7 Å². The fraction of sp³-hybridized carbons (Fsp3) is 0.400. The normalized spacial score (nSPS) is 21.3. The molecule has 23 heavy (non-hydrogen) atoms. The number of likely N-dealkylation sites (N-methyl/N-ethyl adjacent to an activating group) is 1. The summed E-state index contributed by atoms with van der Waals surface area (Å²) < 4.78 is 39.0.